The molecule has 5 nitrogen and oxygen atoms in total. The molecule has 0 saturated heterocycles. The largest absolute Gasteiger partial charge is 0.494 e. The van der Waals surface area contributed by atoms with Crippen LogP contribution in [-0.2, 0) is 4.79 Å². The van der Waals surface area contributed by atoms with Gasteiger partial charge < -0.3 is 15.6 Å². The van der Waals surface area contributed by atoms with Gasteiger partial charge in [0.15, 0.2) is 0 Å². The van der Waals surface area contributed by atoms with Crippen LogP contribution in [0.15, 0.2) is 48.5 Å². The molecule has 2 aromatic rings. The van der Waals surface area contributed by atoms with Crippen LogP contribution in [0.1, 0.15) is 48.9 Å². The second-order valence-corrected chi connectivity index (χ2v) is 8.80. The van der Waals surface area contributed by atoms with Gasteiger partial charge in [-0.2, -0.15) is 13.2 Å². The minimum absolute atomic E-state index is 0.401. The highest BCUT2D eigenvalue weighted by Gasteiger charge is 2.38. The Bertz CT molecular complexity index is 943. The van der Waals surface area contributed by atoms with Crippen LogP contribution in [0.5, 0.6) is 5.75 Å². The maximum Gasteiger partial charge on any atom is 0.490 e. The maximum atomic E-state index is 11.3. The Morgan fingerprint density at radius 2 is 1.58 bits per heavy atom. The number of carboxylic acid groups (broad SMARTS) is 1. The number of carbonyl (C=O) groups excluding carboxylic acids is 1. The number of benzene rings is 2. The summed E-state index contributed by atoms with van der Waals surface area (Å²) in [5, 5.41) is 7.12. The normalized spacial score (nSPS) is 21.2. The van der Waals surface area contributed by atoms with Crippen molar-refractivity contribution in [3.8, 4) is 16.9 Å². The molecule has 0 radical (unpaired) electrons. The predicted octanol–water partition coefficient (Wildman–Crippen LogP) is 5.68. The second-order valence-electron chi connectivity index (χ2n) is 8.80. The first kappa shape index (κ1) is 24.6. The quantitative estimate of drug-likeness (QED) is 0.517. The number of carboxylic acids is 1. The summed E-state index contributed by atoms with van der Waals surface area (Å²) >= 11 is 0. The van der Waals surface area contributed by atoms with Crippen molar-refractivity contribution in [2.75, 3.05) is 6.61 Å². The van der Waals surface area contributed by atoms with E-state index in [0.717, 1.165) is 47.7 Å². The molecule has 0 atom stereocenters. The van der Waals surface area contributed by atoms with E-state index >= 15 is 0 Å². The SMILES string of the molecule is NC(=O)c1cccc(-c2ccc(OCCCC3CC4CC(C3)C4)cc2)c1.O=C(O)C(F)(F)F. The molecule has 33 heavy (non-hydrogen) atoms. The molecule has 5 rings (SSSR count). The van der Waals surface area contributed by atoms with Crippen molar-refractivity contribution in [1.82, 2.24) is 0 Å². The minimum Gasteiger partial charge on any atom is -0.494 e. The summed E-state index contributed by atoms with van der Waals surface area (Å²) in [5.74, 6) is 0.775. The predicted molar refractivity (Wildman–Crippen MR) is 118 cm³/mol. The summed E-state index contributed by atoms with van der Waals surface area (Å²) in [6.45, 7) is 0.794. The Labute approximate surface area is 190 Å². The zero-order chi connectivity index (χ0) is 24.0. The third-order valence-corrected chi connectivity index (χ3v) is 6.27. The van der Waals surface area contributed by atoms with Crippen molar-refractivity contribution >= 4 is 11.9 Å². The molecule has 2 bridgehead atoms. The molecule has 0 spiro atoms. The number of halogens is 3. The van der Waals surface area contributed by atoms with E-state index in [0.29, 0.717) is 5.56 Å². The van der Waals surface area contributed by atoms with E-state index in [4.69, 9.17) is 20.4 Å². The highest BCUT2D eigenvalue weighted by atomic mass is 19.4. The van der Waals surface area contributed by atoms with Crippen molar-refractivity contribution in [2.24, 2.45) is 23.5 Å². The van der Waals surface area contributed by atoms with Crippen molar-refractivity contribution in [3.05, 3.63) is 54.1 Å². The van der Waals surface area contributed by atoms with Gasteiger partial charge in [-0.15, -0.1) is 0 Å². The van der Waals surface area contributed by atoms with Gasteiger partial charge in [-0.3, -0.25) is 4.79 Å². The second kappa shape index (κ2) is 10.7. The zero-order valence-corrected chi connectivity index (χ0v) is 18.2. The molecular weight excluding hydrogens is 435 g/mol. The molecule has 3 fully saturated rings. The minimum atomic E-state index is -5.08. The number of aliphatic carboxylic acids is 1. The molecule has 0 aromatic heterocycles. The van der Waals surface area contributed by atoms with Crippen LogP contribution in [0.3, 0.4) is 0 Å². The van der Waals surface area contributed by atoms with Gasteiger partial charge in [-0.05, 0) is 91.7 Å². The fourth-order valence-corrected chi connectivity index (χ4v) is 4.69. The van der Waals surface area contributed by atoms with Gasteiger partial charge >= 0.3 is 12.1 Å². The molecule has 3 aliphatic carbocycles. The molecule has 0 aliphatic heterocycles. The smallest absolute Gasteiger partial charge is 0.490 e. The standard InChI is InChI=1S/C23H27NO2.C2HF3O2/c24-23(25)21-5-1-4-20(15-21)19-6-8-22(9-7-19)26-10-2-3-16-11-17-13-18(12-16)14-17;3-2(4,5)1(6)7/h1,4-9,15-18H,2-3,10-14H2,(H2,24,25);(H,6,7). The van der Waals surface area contributed by atoms with E-state index in [1.54, 1.807) is 6.07 Å². The summed E-state index contributed by atoms with van der Waals surface area (Å²) < 4.78 is 37.6. The lowest BCUT2D eigenvalue weighted by molar-refractivity contribution is -0.192. The Morgan fingerprint density at radius 1 is 0.970 bits per heavy atom. The Balaban J connectivity index is 0.000000383. The third-order valence-electron chi connectivity index (χ3n) is 6.27. The lowest BCUT2D eigenvalue weighted by atomic mass is 9.61. The number of carbonyl (C=O) groups is 2. The van der Waals surface area contributed by atoms with Crippen molar-refractivity contribution in [2.45, 2.75) is 44.7 Å². The van der Waals surface area contributed by atoms with E-state index in [-0.39, 0.29) is 0 Å². The topological polar surface area (TPSA) is 89.6 Å². The lowest BCUT2D eigenvalue weighted by Gasteiger charge is -2.45. The number of amides is 1. The molecule has 3 N–H and O–H groups in total. The summed E-state index contributed by atoms with van der Waals surface area (Å²) in [4.78, 5) is 20.2. The fraction of sp³-hybridized carbons (Fsp3) is 0.440. The average Bonchev–Trinajstić information content (AvgIpc) is 2.77. The molecule has 2 aromatic carbocycles. The van der Waals surface area contributed by atoms with Crippen LogP contribution in [-0.4, -0.2) is 29.8 Å². The summed E-state index contributed by atoms with van der Waals surface area (Å²) in [6.07, 6.45) is 3.28. The Kier molecular flexibility index (Phi) is 8.00. The van der Waals surface area contributed by atoms with Crippen LogP contribution in [0.2, 0.25) is 0 Å². The molecule has 8 heteroatoms. The lowest BCUT2D eigenvalue weighted by Crippen LogP contribution is -2.34. The van der Waals surface area contributed by atoms with Gasteiger partial charge in [0, 0.05) is 5.56 Å². The number of rotatable bonds is 7. The highest BCUT2D eigenvalue weighted by molar-refractivity contribution is 5.94. The molecule has 1 amide bonds. The van der Waals surface area contributed by atoms with E-state index < -0.39 is 18.1 Å². The number of hydrogen-bond acceptors (Lipinski definition) is 3. The number of primary amides is 1. The number of hydrogen-bond donors (Lipinski definition) is 2. The van der Waals surface area contributed by atoms with Gasteiger partial charge in [0.2, 0.25) is 5.91 Å². The van der Waals surface area contributed by atoms with Crippen molar-refractivity contribution in [1.29, 1.82) is 0 Å². The number of fused-ring (bicyclic) bond motifs is 2. The number of alkyl halides is 3. The van der Waals surface area contributed by atoms with Gasteiger partial charge in [0.1, 0.15) is 5.75 Å². The van der Waals surface area contributed by atoms with Gasteiger partial charge in [-0.1, -0.05) is 24.3 Å². The van der Waals surface area contributed by atoms with Crippen LogP contribution < -0.4 is 10.5 Å². The summed E-state index contributed by atoms with van der Waals surface area (Å²) in [6, 6.07) is 15.5. The molecule has 0 unspecified atom stereocenters. The van der Waals surface area contributed by atoms with E-state index in [1.165, 1.54) is 32.1 Å². The van der Waals surface area contributed by atoms with Crippen LogP contribution in [0.4, 0.5) is 13.2 Å². The van der Waals surface area contributed by atoms with Crippen molar-refractivity contribution < 1.29 is 32.6 Å². The highest BCUT2D eigenvalue weighted by Crippen LogP contribution is 2.49. The van der Waals surface area contributed by atoms with Crippen LogP contribution in [0.25, 0.3) is 11.1 Å². The van der Waals surface area contributed by atoms with E-state index in [9.17, 15) is 18.0 Å². The van der Waals surface area contributed by atoms with Gasteiger partial charge in [-0.25, -0.2) is 4.79 Å². The van der Waals surface area contributed by atoms with E-state index in [1.807, 2.05) is 42.5 Å². The Hall–Kier alpha value is -3.03. The first-order valence-corrected chi connectivity index (χ1v) is 11.0. The van der Waals surface area contributed by atoms with Crippen LogP contribution in [0, 0.1) is 17.8 Å². The van der Waals surface area contributed by atoms with Gasteiger partial charge in [0.25, 0.3) is 0 Å². The molecular formula is C25H28F3NO4. The third kappa shape index (κ3) is 7.23. The summed E-state index contributed by atoms with van der Waals surface area (Å²) in [5.41, 5.74) is 7.94. The average molecular weight is 463 g/mol. The molecule has 3 aliphatic rings. The van der Waals surface area contributed by atoms with Gasteiger partial charge in [0.05, 0.1) is 6.61 Å². The maximum absolute atomic E-state index is 11.3. The van der Waals surface area contributed by atoms with Crippen LogP contribution >= 0.6 is 0 Å². The van der Waals surface area contributed by atoms with Crippen molar-refractivity contribution in [3.63, 3.8) is 0 Å². The first-order valence-electron chi connectivity index (χ1n) is 11.0. The molecule has 0 heterocycles. The fourth-order valence-electron chi connectivity index (χ4n) is 4.69. The molecule has 3 saturated carbocycles. The number of nitrogens with two attached hydrogens (primary N) is 1. The summed E-state index contributed by atoms with van der Waals surface area (Å²) in [7, 11) is 0. The first-order chi connectivity index (χ1) is 15.6. The number of ether oxygens (including phenoxy) is 1. The monoisotopic (exact) mass is 463 g/mol. The molecule has 178 valence electrons. The zero-order valence-electron chi connectivity index (χ0n) is 18.2. The van der Waals surface area contributed by atoms with E-state index in [2.05, 4.69) is 0 Å². The Morgan fingerprint density at radius 3 is 2.12 bits per heavy atom.